The van der Waals surface area contributed by atoms with Gasteiger partial charge in [-0.1, -0.05) is 6.92 Å². The predicted molar refractivity (Wildman–Crippen MR) is 79.6 cm³/mol. The van der Waals surface area contributed by atoms with Crippen molar-refractivity contribution in [3.63, 3.8) is 0 Å². The van der Waals surface area contributed by atoms with Crippen molar-refractivity contribution in [1.29, 1.82) is 0 Å². The largest absolute Gasteiger partial charge is 0.506 e. The Hall–Kier alpha value is -1.60. The lowest BCUT2D eigenvalue weighted by molar-refractivity contribution is -0.116. The quantitative estimate of drug-likeness (QED) is 0.813. The number of nitrogens with one attached hydrogen (secondary N) is 1. The van der Waals surface area contributed by atoms with Gasteiger partial charge in [-0.2, -0.15) is 4.31 Å². The maximum absolute atomic E-state index is 12.4. The zero-order chi connectivity index (χ0) is 15.5. The summed E-state index contributed by atoms with van der Waals surface area (Å²) in [4.78, 5) is 11.7. The fourth-order valence-corrected chi connectivity index (χ4v) is 3.84. The highest BCUT2D eigenvalue weighted by atomic mass is 32.2. The minimum atomic E-state index is -3.56. The standard InChI is InChI=1S/C14H20N2O4S/c1-2-5-14(18)15-12-10-11(6-7-13(12)17)21(19,20)16-8-3-4-9-16/h6-7,10,17H,2-5,8-9H2,1H3,(H,15,18). The number of hydrogen-bond donors (Lipinski definition) is 2. The van der Waals surface area contributed by atoms with Crippen LogP contribution in [0.4, 0.5) is 5.69 Å². The first-order valence-corrected chi connectivity index (χ1v) is 8.52. The van der Waals surface area contributed by atoms with Gasteiger partial charge in [0.1, 0.15) is 5.75 Å². The molecule has 0 unspecified atom stereocenters. The van der Waals surface area contributed by atoms with Gasteiger partial charge in [-0.15, -0.1) is 0 Å². The molecule has 2 N–H and O–H groups in total. The molecule has 1 aromatic carbocycles. The molecule has 0 saturated carbocycles. The molecule has 6 nitrogen and oxygen atoms in total. The Bertz CT molecular complexity index is 622. The summed E-state index contributed by atoms with van der Waals surface area (Å²) in [5, 5.41) is 12.3. The lowest BCUT2D eigenvalue weighted by Gasteiger charge is -2.16. The van der Waals surface area contributed by atoms with Crippen LogP contribution in [-0.4, -0.2) is 36.8 Å². The van der Waals surface area contributed by atoms with E-state index in [2.05, 4.69) is 5.32 Å². The summed E-state index contributed by atoms with van der Waals surface area (Å²) in [6.45, 7) is 2.90. The van der Waals surface area contributed by atoms with Crippen LogP contribution in [-0.2, 0) is 14.8 Å². The second-order valence-corrected chi connectivity index (χ2v) is 7.03. The molecule has 1 saturated heterocycles. The topological polar surface area (TPSA) is 86.7 Å². The van der Waals surface area contributed by atoms with Crippen molar-refractivity contribution >= 4 is 21.6 Å². The highest BCUT2D eigenvalue weighted by Crippen LogP contribution is 2.29. The van der Waals surface area contributed by atoms with E-state index < -0.39 is 10.0 Å². The normalized spacial score (nSPS) is 16.0. The van der Waals surface area contributed by atoms with Crippen molar-refractivity contribution in [2.45, 2.75) is 37.5 Å². The second kappa shape index (κ2) is 6.44. The third-order valence-corrected chi connectivity index (χ3v) is 5.32. The van der Waals surface area contributed by atoms with Crippen LogP contribution in [0.15, 0.2) is 23.1 Å². The summed E-state index contributed by atoms with van der Waals surface area (Å²) < 4.78 is 26.3. The zero-order valence-electron chi connectivity index (χ0n) is 12.0. The van der Waals surface area contributed by atoms with Crippen molar-refractivity contribution in [2.24, 2.45) is 0 Å². The van der Waals surface area contributed by atoms with E-state index >= 15 is 0 Å². The highest BCUT2D eigenvalue weighted by molar-refractivity contribution is 7.89. The molecular formula is C14H20N2O4S. The molecule has 0 radical (unpaired) electrons. The van der Waals surface area contributed by atoms with Crippen molar-refractivity contribution in [3.8, 4) is 5.75 Å². The van der Waals surface area contributed by atoms with Crippen LogP contribution >= 0.6 is 0 Å². The van der Waals surface area contributed by atoms with Gasteiger partial charge >= 0.3 is 0 Å². The summed E-state index contributed by atoms with van der Waals surface area (Å²) in [7, 11) is -3.56. The summed E-state index contributed by atoms with van der Waals surface area (Å²) in [5.41, 5.74) is 0.133. The summed E-state index contributed by atoms with van der Waals surface area (Å²) >= 11 is 0. The molecule has 0 atom stereocenters. The van der Waals surface area contributed by atoms with Crippen LogP contribution in [0.1, 0.15) is 32.6 Å². The van der Waals surface area contributed by atoms with E-state index in [4.69, 9.17) is 0 Å². The first kappa shape index (κ1) is 15.8. The van der Waals surface area contributed by atoms with E-state index in [1.807, 2.05) is 6.92 Å². The van der Waals surface area contributed by atoms with Gasteiger partial charge in [0.25, 0.3) is 0 Å². The molecule has 0 aromatic heterocycles. The Morgan fingerprint density at radius 3 is 2.62 bits per heavy atom. The van der Waals surface area contributed by atoms with Gasteiger partial charge in [0.05, 0.1) is 10.6 Å². The molecule has 2 rings (SSSR count). The smallest absolute Gasteiger partial charge is 0.243 e. The van der Waals surface area contributed by atoms with Gasteiger partial charge in [0, 0.05) is 19.5 Å². The molecular weight excluding hydrogens is 292 g/mol. The molecule has 0 aliphatic carbocycles. The summed E-state index contributed by atoms with van der Waals surface area (Å²) in [5.74, 6) is -0.386. The highest BCUT2D eigenvalue weighted by Gasteiger charge is 2.27. The van der Waals surface area contributed by atoms with Crippen LogP contribution in [0, 0.1) is 0 Å². The van der Waals surface area contributed by atoms with Gasteiger partial charge in [-0.3, -0.25) is 4.79 Å². The van der Waals surface area contributed by atoms with Crippen molar-refractivity contribution in [1.82, 2.24) is 4.31 Å². The minimum Gasteiger partial charge on any atom is -0.506 e. The van der Waals surface area contributed by atoms with E-state index in [1.54, 1.807) is 0 Å². The molecule has 1 heterocycles. The van der Waals surface area contributed by atoms with Gasteiger partial charge < -0.3 is 10.4 Å². The summed E-state index contributed by atoms with van der Waals surface area (Å²) in [6, 6.07) is 3.97. The molecule has 1 aromatic rings. The Balaban J connectivity index is 2.27. The van der Waals surface area contributed by atoms with Crippen molar-refractivity contribution < 1.29 is 18.3 Å². The van der Waals surface area contributed by atoms with Gasteiger partial charge in [0.15, 0.2) is 0 Å². The lowest BCUT2D eigenvalue weighted by Crippen LogP contribution is -2.27. The molecule has 1 amide bonds. The number of carbonyl (C=O) groups excluding carboxylic acids is 1. The second-order valence-electron chi connectivity index (χ2n) is 5.09. The monoisotopic (exact) mass is 312 g/mol. The maximum atomic E-state index is 12.4. The molecule has 0 spiro atoms. The van der Waals surface area contributed by atoms with Crippen molar-refractivity contribution in [3.05, 3.63) is 18.2 Å². The fraction of sp³-hybridized carbons (Fsp3) is 0.500. The zero-order valence-corrected chi connectivity index (χ0v) is 12.8. The Kier molecular flexibility index (Phi) is 4.84. The van der Waals surface area contributed by atoms with E-state index in [9.17, 15) is 18.3 Å². The number of amides is 1. The summed E-state index contributed by atoms with van der Waals surface area (Å²) in [6.07, 6.45) is 2.72. The molecule has 1 aliphatic rings. The van der Waals surface area contributed by atoms with Crippen LogP contribution in [0.2, 0.25) is 0 Å². The number of aromatic hydroxyl groups is 1. The number of phenols is 1. The first-order chi connectivity index (χ1) is 9.95. The molecule has 1 aliphatic heterocycles. The van der Waals surface area contributed by atoms with E-state index in [0.717, 1.165) is 12.8 Å². The number of nitrogens with zero attached hydrogens (tertiary/aromatic N) is 1. The van der Waals surface area contributed by atoms with Gasteiger partial charge in [0.2, 0.25) is 15.9 Å². The van der Waals surface area contributed by atoms with Crippen LogP contribution in [0.5, 0.6) is 5.75 Å². The molecule has 21 heavy (non-hydrogen) atoms. The lowest BCUT2D eigenvalue weighted by atomic mass is 10.2. The van der Waals surface area contributed by atoms with E-state index in [1.165, 1.54) is 22.5 Å². The Labute approximate surface area is 124 Å². The maximum Gasteiger partial charge on any atom is 0.243 e. The van der Waals surface area contributed by atoms with Crippen LogP contribution in [0.25, 0.3) is 0 Å². The van der Waals surface area contributed by atoms with Crippen LogP contribution < -0.4 is 5.32 Å². The number of anilines is 1. The Morgan fingerprint density at radius 2 is 2.00 bits per heavy atom. The number of benzene rings is 1. The number of hydrogen-bond acceptors (Lipinski definition) is 4. The average Bonchev–Trinajstić information content (AvgIpc) is 2.96. The molecule has 0 bridgehead atoms. The van der Waals surface area contributed by atoms with Crippen molar-refractivity contribution in [2.75, 3.05) is 18.4 Å². The number of sulfonamides is 1. The third kappa shape index (κ3) is 3.54. The van der Waals surface area contributed by atoms with Gasteiger partial charge in [-0.25, -0.2) is 8.42 Å². The number of phenolic OH excluding ortho intramolecular Hbond substituents is 1. The van der Waals surface area contributed by atoms with E-state index in [-0.39, 0.29) is 22.2 Å². The Morgan fingerprint density at radius 1 is 1.33 bits per heavy atom. The third-order valence-electron chi connectivity index (χ3n) is 3.42. The van der Waals surface area contributed by atoms with Crippen LogP contribution in [0.3, 0.4) is 0 Å². The SMILES string of the molecule is CCCC(=O)Nc1cc(S(=O)(=O)N2CCCC2)ccc1O. The minimum absolute atomic E-state index is 0.0917. The number of rotatable bonds is 5. The molecule has 116 valence electrons. The number of carbonyl (C=O) groups is 1. The first-order valence-electron chi connectivity index (χ1n) is 7.08. The molecule has 7 heteroatoms. The molecule has 1 fully saturated rings. The van der Waals surface area contributed by atoms with E-state index in [0.29, 0.717) is 25.9 Å². The van der Waals surface area contributed by atoms with Gasteiger partial charge in [-0.05, 0) is 37.5 Å². The average molecular weight is 312 g/mol. The predicted octanol–water partition coefficient (Wildman–Crippen LogP) is 1.92. The fourth-order valence-electron chi connectivity index (χ4n) is 2.29.